The summed E-state index contributed by atoms with van der Waals surface area (Å²) in [5.74, 6) is -0.750. The van der Waals surface area contributed by atoms with Crippen LogP contribution in [0.4, 0.5) is 10.1 Å². The summed E-state index contributed by atoms with van der Waals surface area (Å²) in [7, 11) is 0. The molecule has 1 atom stereocenters. The minimum atomic E-state index is -0.481. The van der Waals surface area contributed by atoms with Crippen LogP contribution in [-0.4, -0.2) is 30.1 Å². The van der Waals surface area contributed by atoms with E-state index in [1.165, 1.54) is 6.07 Å². The number of hydrogen-bond donors (Lipinski definition) is 3. The average Bonchev–Trinajstić information content (AvgIpc) is 2.62. The SMILES string of the molecule is N=C(N)c1c(F)cccc1N1CCCCCC1CO. The Morgan fingerprint density at radius 3 is 2.89 bits per heavy atom. The van der Waals surface area contributed by atoms with Crippen LogP contribution in [-0.2, 0) is 0 Å². The lowest BCUT2D eigenvalue weighted by Gasteiger charge is -2.32. The molecule has 1 aliphatic heterocycles. The van der Waals surface area contributed by atoms with Gasteiger partial charge in [-0.1, -0.05) is 18.9 Å². The number of hydrogen-bond acceptors (Lipinski definition) is 3. The van der Waals surface area contributed by atoms with Gasteiger partial charge in [0.1, 0.15) is 11.7 Å². The third-order valence-corrected chi connectivity index (χ3v) is 3.66. The maximum absolute atomic E-state index is 13.9. The van der Waals surface area contributed by atoms with E-state index in [0.717, 1.165) is 32.2 Å². The second kappa shape index (κ2) is 6.02. The number of amidine groups is 1. The van der Waals surface area contributed by atoms with Crippen molar-refractivity contribution in [3.05, 3.63) is 29.6 Å². The summed E-state index contributed by atoms with van der Waals surface area (Å²) in [6.07, 6.45) is 4.05. The van der Waals surface area contributed by atoms with Gasteiger partial charge in [0.05, 0.1) is 23.9 Å². The van der Waals surface area contributed by atoms with Crippen LogP contribution in [0.25, 0.3) is 0 Å². The number of aliphatic hydroxyl groups is 1. The number of rotatable bonds is 3. The minimum Gasteiger partial charge on any atom is -0.394 e. The summed E-state index contributed by atoms with van der Waals surface area (Å²) in [6, 6.07) is 4.68. The van der Waals surface area contributed by atoms with Gasteiger partial charge in [0, 0.05) is 6.54 Å². The Kier molecular flexibility index (Phi) is 4.37. The maximum atomic E-state index is 13.9. The number of nitrogen functional groups attached to an aromatic ring is 1. The number of nitrogens with two attached hydrogens (primary N) is 1. The van der Waals surface area contributed by atoms with E-state index < -0.39 is 5.82 Å². The maximum Gasteiger partial charge on any atom is 0.136 e. The predicted octanol–water partition coefficient (Wildman–Crippen LogP) is 1.85. The molecule has 4 nitrogen and oxygen atoms in total. The smallest absolute Gasteiger partial charge is 0.136 e. The molecule has 104 valence electrons. The molecular formula is C14H20FN3O. The van der Waals surface area contributed by atoms with E-state index in [2.05, 4.69) is 0 Å². The highest BCUT2D eigenvalue weighted by molar-refractivity contribution is 6.00. The van der Waals surface area contributed by atoms with Gasteiger partial charge in [0.2, 0.25) is 0 Å². The molecule has 0 spiro atoms. The van der Waals surface area contributed by atoms with Gasteiger partial charge in [0.15, 0.2) is 0 Å². The van der Waals surface area contributed by atoms with Crippen LogP contribution < -0.4 is 10.6 Å². The van der Waals surface area contributed by atoms with Crippen LogP contribution >= 0.6 is 0 Å². The molecule has 0 bridgehead atoms. The lowest BCUT2D eigenvalue weighted by atomic mass is 10.1. The van der Waals surface area contributed by atoms with Crippen LogP contribution in [0.5, 0.6) is 0 Å². The quantitative estimate of drug-likeness (QED) is 0.577. The Morgan fingerprint density at radius 2 is 2.21 bits per heavy atom. The van der Waals surface area contributed by atoms with Crippen LogP contribution in [0.1, 0.15) is 31.2 Å². The second-order valence-corrected chi connectivity index (χ2v) is 4.93. The van der Waals surface area contributed by atoms with E-state index in [1.807, 2.05) is 4.90 Å². The van der Waals surface area contributed by atoms with Gasteiger partial charge in [0.25, 0.3) is 0 Å². The fourth-order valence-electron chi connectivity index (χ4n) is 2.70. The third-order valence-electron chi connectivity index (χ3n) is 3.66. The van der Waals surface area contributed by atoms with E-state index >= 15 is 0 Å². The molecule has 2 rings (SSSR count). The van der Waals surface area contributed by atoms with Gasteiger partial charge in [-0.2, -0.15) is 0 Å². The first-order valence-electron chi connectivity index (χ1n) is 6.65. The summed E-state index contributed by atoms with van der Waals surface area (Å²) in [5, 5.41) is 17.1. The van der Waals surface area contributed by atoms with Gasteiger partial charge in [-0.3, -0.25) is 5.41 Å². The Morgan fingerprint density at radius 1 is 1.42 bits per heavy atom. The van der Waals surface area contributed by atoms with Crippen molar-refractivity contribution >= 4 is 11.5 Å². The van der Waals surface area contributed by atoms with Gasteiger partial charge in [-0.05, 0) is 25.0 Å². The topological polar surface area (TPSA) is 73.3 Å². The molecule has 1 aromatic carbocycles. The molecule has 1 aromatic rings. The highest BCUT2D eigenvalue weighted by Gasteiger charge is 2.24. The minimum absolute atomic E-state index is 0.0256. The number of nitrogens with one attached hydrogen (secondary N) is 1. The first-order chi connectivity index (χ1) is 9.15. The van der Waals surface area contributed by atoms with Crippen molar-refractivity contribution in [3.8, 4) is 0 Å². The lowest BCUT2D eigenvalue weighted by molar-refractivity contribution is 0.255. The molecule has 0 aromatic heterocycles. The second-order valence-electron chi connectivity index (χ2n) is 4.93. The van der Waals surface area contributed by atoms with Crippen molar-refractivity contribution in [3.63, 3.8) is 0 Å². The molecule has 0 amide bonds. The van der Waals surface area contributed by atoms with Gasteiger partial charge in [-0.15, -0.1) is 0 Å². The zero-order chi connectivity index (χ0) is 13.8. The standard InChI is InChI=1S/C14H20FN3O/c15-11-6-4-7-12(13(11)14(16)17)18-8-3-1-2-5-10(18)9-19/h4,6-7,10,19H,1-3,5,8-9H2,(H3,16,17). The molecule has 5 heteroatoms. The molecule has 0 radical (unpaired) electrons. The summed E-state index contributed by atoms with van der Waals surface area (Å²) < 4.78 is 13.9. The molecule has 1 unspecified atom stereocenters. The van der Waals surface area contributed by atoms with E-state index in [1.54, 1.807) is 12.1 Å². The summed E-state index contributed by atoms with van der Waals surface area (Å²) >= 11 is 0. The van der Waals surface area contributed by atoms with E-state index in [0.29, 0.717) is 5.69 Å². The fourth-order valence-corrected chi connectivity index (χ4v) is 2.70. The first-order valence-corrected chi connectivity index (χ1v) is 6.65. The number of nitrogens with zero attached hydrogens (tertiary/aromatic N) is 1. The number of aliphatic hydroxyl groups excluding tert-OH is 1. The fraction of sp³-hybridized carbons (Fsp3) is 0.500. The zero-order valence-electron chi connectivity index (χ0n) is 10.9. The highest BCUT2D eigenvalue weighted by Crippen LogP contribution is 2.28. The first kappa shape index (κ1) is 13.8. The lowest BCUT2D eigenvalue weighted by Crippen LogP contribution is -2.39. The van der Waals surface area contributed by atoms with Crippen LogP contribution in [0.15, 0.2) is 18.2 Å². The van der Waals surface area contributed by atoms with Crippen molar-refractivity contribution in [1.82, 2.24) is 0 Å². The Hall–Kier alpha value is -1.62. The number of halogens is 1. The molecular weight excluding hydrogens is 245 g/mol. The summed E-state index contributed by atoms with van der Waals surface area (Å²) in [4.78, 5) is 1.99. The molecule has 19 heavy (non-hydrogen) atoms. The summed E-state index contributed by atoms with van der Waals surface area (Å²) in [6.45, 7) is 0.794. The van der Waals surface area contributed by atoms with E-state index in [-0.39, 0.29) is 24.0 Å². The van der Waals surface area contributed by atoms with Gasteiger partial charge >= 0.3 is 0 Å². The van der Waals surface area contributed by atoms with E-state index in [4.69, 9.17) is 11.1 Å². The van der Waals surface area contributed by atoms with Crippen molar-refractivity contribution in [2.75, 3.05) is 18.1 Å². The van der Waals surface area contributed by atoms with Crippen LogP contribution in [0.3, 0.4) is 0 Å². The average molecular weight is 265 g/mol. The molecule has 1 aliphatic rings. The largest absolute Gasteiger partial charge is 0.394 e. The molecule has 1 heterocycles. The molecule has 1 fully saturated rings. The Bertz CT molecular complexity index is 464. The Balaban J connectivity index is 2.43. The zero-order valence-corrected chi connectivity index (χ0v) is 10.9. The highest BCUT2D eigenvalue weighted by atomic mass is 19.1. The summed E-state index contributed by atoms with van der Waals surface area (Å²) in [5.41, 5.74) is 6.26. The molecule has 1 saturated heterocycles. The monoisotopic (exact) mass is 265 g/mol. The van der Waals surface area contributed by atoms with Crippen molar-refractivity contribution in [2.24, 2.45) is 5.73 Å². The van der Waals surface area contributed by atoms with Gasteiger partial charge < -0.3 is 15.7 Å². The predicted molar refractivity (Wildman–Crippen MR) is 74.1 cm³/mol. The van der Waals surface area contributed by atoms with Crippen LogP contribution in [0, 0.1) is 11.2 Å². The van der Waals surface area contributed by atoms with Gasteiger partial charge in [-0.25, -0.2) is 4.39 Å². The van der Waals surface area contributed by atoms with Crippen LogP contribution in [0.2, 0.25) is 0 Å². The van der Waals surface area contributed by atoms with Crippen molar-refractivity contribution < 1.29 is 9.50 Å². The number of benzene rings is 1. The van der Waals surface area contributed by atoms with Crippen molar-refractivity contribution in [2.45, 2.75) is 31.7 Å². The van der Waals surface area contributed by atoms with Crippen molar-refractivity contribution in [1.29, 1.82) is 5.41 Å². The van der Waals surface area contributed by atoms with E-state index in [9.17, 15) is 9.50 Å². The third kappa shape index (κ3) is 2.87. The Labute approximate surface area is 112 Å². The normalized spacial score (nSPS) is 20.1. The molecule has 0 aliphatic carbocycles. The number of anilines is 1. The molecule has 4 N–H and O–H groups in total. The molecule has 0 saturated carbocycles.